The van der Waals surface area contributed by atoms with Gasteiger partial charge in [-0.25, -0.2) is 5.10 Å². The van der Waals surface area contributed by atoms with Crippen LogP contribution in [-0.4, -0.2) is 60.3 Å². The van der Waals surface area contributed by atoms with Crippen molar-refractivity contribution in [3.8, 4) is 0 Å². The fourth-order valence-electron chi connectivity index (χ4n) is 2.95. The van der Waals surface area contributed by atoms with Gasteiger partial charge in [-0.3, -0.25) is 9.59 Å². The lowest BCUT2D eigenvalue weighted by molar-refractivity contribution is -0.140. The molecule has 1 fully saturated rings. The van der Waals surface area contributed by atoms with Crippen LogP contribution in [0.5, 0.6) is 0 Å². The number of fused-ring (bicyclic) bond motifs is 1. The SMILES string of the molecule is O=C(CO[C@H]1CCNc2c1n[nH]c(=O)c2C(F)(F)F)N1CCNCC1. The van der Waals surface area contributed by atoms with Gasteiger partial charge < -0.3 is 20.3 Å². The van der Waals surface area contributed by atoms with Crippen molar-refractivity contribution in [2.75, 3.05) is 44.6 Å². The van der Waals surface area contributed by atoms with Crippen LogP contribution in [0, 0.1) is 0 Å². The first-order chi connectivity index (χ1) is 11.9. The third kappa shape index (κ3) is 3.76. The second kappa shape index (κ2) is 7.00. The van der Waals surface area contributed by atoms with Gasteiger partial charge in [0.05, 0.1) is 5.69 Å². The van der Waals surface area contributed by atoms with Crippen LogP contribution >= 0.6 is 0 Å². The first kappa shape index (κ1) is 17.7. The van der Waals surface area contributed by atoms with Crippen LogP contribution in [0.4, 0.5) is 18.9 Å². The smallest absolute Gasteiger partial charge is 0.383 e. The van der Waals surface area contributed by atoms with Crippen molar-refractivity contribution >= 4 is 11.6 Å². The molecular formula is C14H18F3N5O3. The number of hydrogen-bond donors (Lipinski definition) is 3. The molecule has 3 rings (SSSR count). The zero-order chi connectivity index (χ0) is 18.0. The number of halogens is 3. The van der Waals surface area contributed by atoms with Crippen LogP contribution in [0.25, 0.3) is 0 Å². The third-order valence-corrected chi connectivity index (χ3v) is 4.19. The highest BCUT2D eigenvalue weighted by atomic mass is 19.4. The van der Waals surface area contributed by atoms with Gasteiger partial charge in [0.15, 0.2) is 0 Å². The highest BCUT2D eigenvalue weighted by Gasteiger charge is 2.41. The van der Waals surface area contributed by atoms with Crippen LogP contribution in [-0.2, 0) is 15.7 Å². The summed E-state index contributed by atoms with van der Waals surface area (Å²) in [4.78, 5) is 25.3. The lowest BCUT2D eigenvalue weighted by Crippen LogP contribution is -2.47. The van der Waals surface area contributed by atoms with Crippen molar-refractivity contribution in [1.29, 1.82) is 0 Å². The lowest BCUT2D eigenvalue weighted by Gasteiger charge is -2.30. The Bertz CT molecular complexity index is 700. The minimum atomic E-state index is -4.81. The van der Waals surface area contributed by atoms with E-state index in [4.69, 9.17) is 4.74 Å². The van der Waals surface area contributed by atoms with Crippen molar-refractivity contribution < 1.29 is 22.7 Å². The molecule has 0 radical (unpaired) electrons. The summed E-state index contributed by atoms with van der Waals surface area (Å²) < 4.78 is 44.9. The molecule has 0 saturated carbocycles. The Labute approximate surface area is 140 Å². The average Bonchev–Trinajstić information content (AvgIpc) is 2.58. The summed E-state index contributed by atoms with van der Waals surface area (Å²) in [6, 6.07) is 0. The van der Waals surface area contributed by atoms with Crippen molar-refractivity contribution in [1.82, 2.24) is 20.4 Å². The summed E-state index contributed by atoms with van der Waals surface area (Å²) in [6.45, 7) is 2.46. The lowest BCUT2D eigenvalue weighted by atomic mass is 10.0. The summed E-state index contributed by atoms with van der Waals surface area (Å²) in [5, 5.41) is 11.3. The van der Waals surface area contributed by atoms with E-state index in [0.29, 0.717) is 32.6 Å². The molecule has 3 heterocycles. The molecule has 0 bridgehead atoms. The number of piperazine rings is 1. The largest absolute Gasteiger partial charge is 0.423 e. The van der Waals surface area contributed by atoms with Crippen LogP contribution in [0.2, 0.25) is 0 Å². The fraction of sp³-hybridized carbons (Fsp3) is 0.643. The Kier molecular flexibility index (Phi) is 4.95. The molecule has 0 aliphatic carbocycles. The Morgan fingerprint density at radius 2 is 2.00 bits per heavy atom. The van der Waals surface area contributed by atoms with Crippen molar-refractivity contribution in [3.63, 3.8) is 0 Å². The third-order valence-electron chi connectivity index (χ3n) is 4.19. The van der Waals surface area contributed by atoms with Crippen LogP contribution in [0.15, 0.2) is 4.79 Å². The van der Waals surface area contributed by atoms with Crippen molar-refractivity contribution in [2.45, 2.75) is 18.7 Å². The Morgan fingerprint density at radius 1 is 1.28 bits per heavy atom. The van der Waals surface area contributed by atoms with E-state index in [9.17, 15) is 22.8 Å². The number of rotatable bonds is 3. The molecule has 0 spiro atoms. The normalized spacial score (nSPS) is 20.8. The minimum absolute atomic E-state index is 0.0358. The number of carbonyl (C=O) groups excluding carboxylic acids is 1. The van der Waals surface area contributed by atoms with Gasteiger partial charge in [-0.1, -0.05) is 0 Å². The van der Waals surface area contributed by atoms with E-state index in [1.54, 1.807) is 4.90 Å². The molecule has 11 heteroatoms. The summed E-state index contributed by atoms with van der Waals surface area (Å²) in [5.74, 6) is -0.220. The molecule has 3 N–H and O–H groups in total. The van der Waals surface area contributed by atoms with E-state index in [1.807, 2.05) is 5.10 Å². The molecule has 0 aromatic carbocycles. The van der Waals surface area contributed by atoms with E-state index >= 15 is 0 Å². The fourth-order valence-corrected chi connectivity index (χ4v) is 2.95. The van der Waals surface area contributed by atoms with Crippen LogP contribution < -0.4 is 16.2 Å². The van der Waals surface area contributed by atoms with Crippen LogP contribution in [0.1, 0.15) is 23.8 Å². The first-order valence-electron chi connectivity index (χ1n) is 7.91. The van der Waals surface area contributed by atoms with Gasteiger partial charge in [0, 0.05) is 32.7 Å². The zero-order valence-corrected chi connectivity index (χ0v) is 13.3. The number of amides is 1. The standard InChI is InChI=1S/C14H18F3N5O3/c15-14(16,17)10-12-11(20-21-13(10)24)8(1-2-19-12)25-7-9(23)22-5-3-18-4-6-22/h8,18-19H,1-7H2,(H,21,24)/t8-/m0/s1. The number of alkyl halides is 3. The zero-order valence-electron chi connectivity index (χ0n) is 13.3. The molecule has 2 aliphatic rings. The maximum atomic E-state index is 13.1. The molecule has 25 heavy (non-hydrogen) atoms. The molecule has 1 atom stereocenters. The predicted molar refractivity (Wildman–Crippen MR) is 81.1 cm³/mol. The van der Waals surface area contributed by atoms with Gasteiger partial charge in [-0.2, -0.15) is 18.3 Å². The van der Waals surface area contributed by atoms with Crippen LogP contribution in [0.3, 0.4) is 0 Å². The van der Waals surface area contributed by atoms with Crippen molar-refractivity contribution in [3.05, 3.63) is 21.6 Å². The van der Waals surface area contributed by atoms with Gasteiger partial charge in [0.25, 0.3) is 5.56 Å². The number of H-pyrrole nitrogens is 1. The average molecular weight is 361 g/mol. The topological polar surface area (TPSA) is 99.3 Å². The van der Waals surface area contributed by atoms with Gasteiger partial charge in [0.1, 0.15) is 24.0 Å². The Morgan fingerprint density at radius 3 is 2.68 bits per heavy atom. The molecular weight excluding hydrogens is 343 g/mol. The number of nitrogens with zero attached hydrogens (tertiary/aromatic N) is 2. The van der Waals surface area contributed by atoms with Gasteiger partial charge >= 0.3 is 6.18 Å². The number of ether oxygens (including phenoxy) is 1. The molecule has 1 saturated heterocycles. The maximum absolute atomic E-state index is 13.1. The summed E-state index contributed by atoms with van der Waals surface area (Å²) in [6.07, 6.45) is -5.26. The highest BCUT2D eigenvalue weighted by Crippen LogP contribution is 2.38. The highest BCUT2D eigenvalue weighted by molar-refractivity contribution is 5.77. The molecule has 0 unspecified atom stereocenters. The number of aromatic amines is 1. The number of aromatic nitrogens is 2. The molecule has 1 amide bonds. The second-order valence-corrected chi connectivity index (χ2v) is 5.83. The Hall–Kier alpha value is -2.14. The Balaban J connectivity index is 1.76. The van der Waals surface area contributed by atoms with Gasteiger partial charge in [-0.15, -0.1) is 0 Å². The van der Waals surface area contributed by atoms with Gasteiger partial charge in [0.2, 0.25) is 5.91 Å². The summed E-state index contributed by atoms with van der Waals surface area (Å²) >= 11 is 0. The quantitative estimate of drug-likeness (QED) is 0.706. The molecule has 8 nitrogen and oxygen atoms in total. The molecule has 1 aromatic heterocycles. The summed E-state index contributed by atoms with van der Waals surface area (Å²) in [7, 11) is 0. The van der Waals surface area contributed by atoms with E-state index in [1.165, 1.54) is 0 Å². The van der Waals surface area contributed by atoms with E-state index in [2.05, 4.69) is 15.7 Å². The predicted octanol–water partition coefficient (Wildman–Crippen LogP) is 0.0938. The van der Waals surface area contributed by atoms with E-state index in [-0.39, 0.29) is 30.4 Å². The number of carbonyl (C=O) groups is 1. The van der Waals surface area contributed by atoms with Crippen molar-refractivity contribution in [2.24, 2.45) is 0 Å². The number of anilines is 1. The monoisotopic (exact) mass is 361 g/mol. The molecule has 1 aromatic rings. The second-order valence-electron chi connectivity index (χ2n) is 5.83. The number of nitrogens with one attached hydrogen (secondary N) is 3. The van der Waals surface area contributed by atoms with E-state index < -0.39 is 23.4 Å². The number of hydrogen-bond acceptors (Lipinski definition) is 6. The van der Waals surface area contributed by atoms with Gasteiger partial charge in [-0.05, 0) is 6.42 Å². The maximum Gasteiger partial charge on any atom is 0.423 e. The first-order valence-corrected chi connectivity index (χ1v) is 7.91. The minimum Gasteiger partial charge on any atom is -0.383 e. The molecule has 2 aliphatic heterocycles. The molecule has 138 valence electrons. The van der Waals surface area contributed by atoms with E-state index in [0.717, 1.165) is 0 Å². The summed E-state index contributed by atoms with van der Waals surface area (Å²) in [5.41, 5.74) is -3.04.